The number of likely N-dealkylation sites (N-methyl/N-ethyl adjacent to an activating group) is 1. The lowest BCUT2D eigenvalue weighted by atomic mass is 10.0. The molecule has 0 spiro atoms. The zero-order chi connectivity index (χ0) is 20.8. The van der Waals surface area contributed by atoms with Gasteiger partial charge in [0.15, 0.2) is 0 Å². The van der Waals surface area contributed by atoms with Gasteiger partial charge < -0.3 is 14.7 Å². The van der Waals surface area contributed by atoms with Gasteiger partial charge in [-0.15, -0.1) is 11.3 Å². The summed E-state index contributed by atoms with van der Waals surface area (Å²) in [4.78, 5) is 47.6. The average Bonchev–Trinajstić information content (AvgIpc) is 3.50. The van der Waals surface area contributed by atoms with Crippen LogP contribution in [0.4, 0.5) is 5.00 Å². The highest BCUT2D eigenvalue weighted by atomic mass is 32.1. The van der Waals surface area contributed by atoms with Crippen molar-refractivity contribution in [3.8, 4) is 0 Å². The lowest BCUT2D eigenvalue weighted by Gasteiger charge is -2.31. The fourth-order valence-corrected chi connectivity index (χ4v) is 6.21. The number of rotatable bonds is 4. The molecule has 4 heterocycles. The number of nitrogens with zero attached hydrogens (tertiary/aromatic N) is 4. The molecule has 1 saturated heterocycles. The number of anilines is 1. The number of carbonyl (C=O) groups excluding carboxylic acids is 3. The number of hydrogen-bond donors (Lipinski definition) is 0. The molecule has 162 valence electrons. The van der Waals surface area contributed by atoms with E-state index in [2.05, 4.69) is 4.90 Å². The smallest absolute Gasteiger partial charge is 0.257 e. The number of carbonyl (C=O) groups is 3. The van der Waals surface area contributed by atoms with Crippen molar-refractivity contribution in [3.63, 3.8) is 0 Å². The zero-order valence-electron chi connectivity index (χ0n) is 17.7. The van der Waals surface area contributed by atoms with E-state index in [1.54, 1.807) is 23.3 Å². The molecule has 0 bridgehead atoms. The Morgan fingerprint density at radius 3 is 2.57 bits per heavy atom. The Labute approximate surface area is 181 Å². The third-order valence-electron chi connectivity index (χ3n) is 6.82. The van der Waals surface area contributed by atoms with Crippen LogP contribution < -0.4 is 4.90 Å². The van der Waals surface area contributed by atoms with Crippen molar-refractivity contribution in [3.05, 3.63) is 16.0 Å². The molecule has 4 aliphatic rings. The summed E-state index contributed by atoms with van der Waals surface area (Å²) in [6.45, 7) is 4.58. The molecule has 0 radical (unpaired) electrons. The van der Waals surface area contributed by atoms with E-state index in [9.17, 15) is 14.4 Å². The van der Waals surface area contributed by atoms with E-state index in [4.69, 9.17) is 0 Å². The van der Waals surface area contributed by atoms with Gasteiger partial charge in [-0.3, -0.25) is 19.3 Å². The molecule has 1 aromatic heterocycles. The Hall–Kier alpha value is -1.93. The maximum atomic E-state index is 13.1. The van der Waals surface area contributed by atoms with Gasteiger partial charge in [-0.05, 0) is 56.7 Å². The number of thiophene rings is 1. The highest BCUT2D eigenvalue weighted by molar-refractivity contribution is 7.17. The van der Waals surface area contributed by atoms with E-state index < -0.39 is 0 Å². The van der Waals surface area contributed by atoms with E-state index in [-0.39, 0.29) is 24.3 Å². The molecule has 3 amide bonds. The monoisotopic (exact) mass is 430 g/mol. The Bertz CT molecular complexity index is 872. The minimum atomic E-state index is -0.0535. The molecular weight excluding hydrogens is 400 g/mol. The SMILES string of the molecule is CN1CC(=O)N(CC2CC2)c2sc3c(c2C1=O)CCN(C(=O)CN1CCCCC1)C3. The third kappa shape index (κ3) is 3.75. The molecule has 0 aromatic carbocycles. The van der Waals surface area contributed by atoms with E-state index >= 15 is 0 Å². The van der Waals surface area contributed by atoms with Crippen molar-refractivity contribution in [1.82, 2.24) is 14.7 Å². The van der Waals surface area contributed by atoms with Crippen LogP contribution in [0.2, 0.25) is 0 Å². The fourth-order valence-electron chi connectivity index (χ4n) is 4.83. The van der Waals surface area contributed by atoms with Crippen LogP contribution in [0.3, 0.4) is 0 Å². The van der Waals surface area contributed by atoms with Crippen LogP contribution in [0.5, 0.6) is 0 Å². The largest absolute Gasteiger partial charge is 0.336 e. The highest BCUT2D eigenvalue weighted by Gasteiger charge is 2.39. The number of likely N-dealkylation sites (tertiary alicyclic amines) is 1. The summed E-state index contributed by atoms with van der Waals surface area (Å²) in [5.74, 6) is 0.693. The standard InChI is InChI=1S/C22H30N4O3S/c1-23-13-19(28)26(11-15-5-6-15)22-20(21(23)29)16-7-10-25(12-17(16)30-22)18(27)14-24-8-3-2-4-9-24/h15H,2-14H2,1H3. The summed E-state index contributed by atoms with van der Waals surface area (Å²) in [5, 5.41) is 0.816. The first-order chi connectivity index (χ1) is 14.5. The van der Waals surface area contributed by atoms with Crippen LogP contribution in [0.15, 0.2) is 0 Å². The minimum absolute atomic E-state index is 0.00753. The Morgan fingerprint density at radius 1 is 1.07 bits per heavy atom. The van der Waals surface area contributed by atoms with Gasteiger partial charge in [0, 0.05) is 25.0 Å². The summed E-state index contributed by atoms with van der Waals surface area (Å²) < 4.78 is 0. The summed E-state index contributed by atoms with van der Waals surface area (Å²) in [7, 11) is 1.71. The minimum Gasteiger partial charge on any atom is -0.336 e. The second-order valence-corrected chi connectivity index (χ2v) is 10.3. The molecule has 0 unspecified atom stereocenters. The second kappa shape index (κ2) is 7.96. The van der Waals surface area contributed by atoms with E-state index in [1.165, 1.54) is 19.3 Å². The number of amides is 3. The predicted octanol–water partition coefficient (Wildman–Crippen LogP) is 1.95. The van der Waals surface area contributed by atoms with Crippen molar-refractivity contribution in [2.24, 2.45) is 5.92 Å². The molecule has 1 saturated carbocycles. The van der Waals surface area contributed by atoms with E-state index in [0.29, 0.717) is 44.1 Å². The van der Waals surface area contributed by atoms with Crippen LogP contribution in [0.25, 0.3) is 0 Å². The topological polar surface area (TPSA) is 64.2 Å². The maximum absolute atomic E-state index is 13.1. The lowest BCUT2D eigenvalue weighted by molar-refractivity contribution is -0.133. The number of fused-ring (bicyclic) bond motifs is 3. The van der Waals surface area contributed by atoms with Gasteiger partial charge >= 0.3 is 0 Å². The van der Waals surface area contributed by atoms with Crippen LogP contribution in [0.1, 0.15) is 52.9 Å². The predicted molar refractivity (Wildman–Crippen MR) is 116 cm³/mol. The van der Waals surface area contributed by atoms with Crippen molar-refractivity contribution in [2.75, 3.05) is 51.2 Å². The lowest BCUT2D eigenvalue weighted by Crippen LogP contribution is -2.44. The molecule has 1 aliphatic carbocycles. The molecule has 0 N–H and O–H groups in total. The molecule has 7 nitrogen and oxygen atoms in total. The van der Waals surface area contributed by atoms with Gasteiger partial charge in [0.2, 0.25) is 11.8 Å². The summed E-state index contributed by atoms with van der Waals surface area (Å²) in [6.07, 6.45) is 6.62. The summed E-state index contributed by atoms with van der Waals surface area (Å²) >= 11 is 1.56. The molecule has 1 aromatic rings. The molecule has 3 aliphatic heterocycles. The first kappa shape index (κ1) is 20.0. The number of hydrogen-bond acceptors (Lipinski definition) is 5. The third-order valence-corrected chi connectivity index (χ3v) is 8.06. The van der Waals surface area contributed by atoms with Crippen LogP contribution >= 0.6 is 11.3 Å². The highest BCUT2D eigenvalue weighted by Crippen LogP contribution is 2.43. The molecule has 0 atom stereocenters. The molecule has 5 rings (SSSR count). The van der Waals surface area contributed by atoms with Crippen LogP contribution in [-0.2, 0) is 22.6 Å². The molecule has 8 heteroatoms. The van der Waals surface area contributed by atoms with Gasteiger partial charge in [0.05, 0.1) is 18.7 Å². The van der Waals surface area contributed by atoms with Gasteiger partial charge in [-0.2, -0.15) is 0 Å². The van der Waals surface area contributed by atoms with Crippen molar-refractivity contribution in [2.45, 2.75) is 45.1 Å². The molecule has 30 heavy (non-hydrogen) atoms. The maximum Gasteiger partial charge on any atom is 0.257 e. The van der Waals surface area contributed by atoms with Crippen LogP contribution in [-0.4, -0.2) is 78.7 Å². The molecule has 2 fully saturated rings. The fraction of sp³-hybridized carbons (Fsp3) is 0.682. The quantitative estimate of drug-likeness (QED) is 0.733. The normalized spacial score (nSPS) is 22.8. The number of piperidine rings is 1. The first-order valence-electron chi connectivity index (χ1n) is 11.2. The summed E-state index contributed by atoms with van der Waals surface area (Å²) in [6, 6.07) is 0. The summed E-state index contributed by atoms with van der Waals surface area (Å²) in [5.41, 5.74) is 1.77. The van der Waals surface area contributed by atoms with Crippen molar-refractivity contribution < 1.29 is 14.4 Å². The second-order valence-electron chi connectivity index (χ2n) is 9.19. The Balaban J connectivity index is 1.39. The molecular formula is C22H30N4O3S. The van der Waals surface area contributed by atoms with Crippen LogP contribution in [0, 0.1) is 5.92 Å². The van der Waals surface area contributed by atoms with E-state index in [1.807, 2.05) is 9.80 Å². The van der Waals surface area contributed by atoms with Gasteiger partial charge in [0.25, 0.3) is 5.91 Å². The van der Waals surface area contributed by atoms with Gasteiger partial charge in [0.1, 0.15) is 11.5 Å². The van der Waals surface area contributed by atoms with Gasteiger partial charge in [-0.1, -0.05) is 6.42 Å². The van der Waals surface area contributed by atoms with E-state index in [0.717, 1.165) is 41.4 Å². The average molecular weight is 431 g/mol. The van der Waals surface area contributed by atoms with Gasteiger partial charge in [-0.25, -0.2) is 0 Å². The van der Waals surface area contributed by atoms with Crippen molar-refractivity contribution >= 4 is 34.1 Å². The zero-order valence-corrected chi connectivity index (χ0v) is 18.5. The first-order valence-corrected chi connectivity index (χ1v) is 12.0. The van der Waals surface area contributed by atoms with Crippen molar-refractivity contribution in [1.29, 1.82) is 0 Å². The Kier molecular flexibility index (Phi) is 5.31. The Morgan fingerprint density at radius 2 is 1.83 bits per heavy atom.